The number of furan rings is 1. The number of hydrogen-bond donors (Lipinski definition) is 1. The summed E-state index contributed by atoms with van der Waals surface area (Å²) in [5.74, 6) is 1.20. The largest absolute Gasteiger partial charge is 0.469 e. The van der Waals surface area contributed by atoms with Crippen molar-refractivity contribution in [3.05, 3.63) is 35.5 Å². The van der Waals surface area contributed by atoms with Gasteiger partial charge in [0.2, 0.25) is 5.91 Å². The summed E-state index contributed by atoms with van der Waals surface area (Å²) in [5, 5.41) is 7.54. The van der Waals surface area contributed by atoms with Crippen LogP contribution in [0.15, 0.2) is 22.8 Å². The lowest BCUT2D eigenvalue weighted by molar-refractivity contribution is -0.117. The van der Waals surface area contributed by atoms with Crippen LogP contribution in [0.25, 0.3) is 0 Å². The molecule has 1 amide bonds. The second kappa shape index (κ2) is 5.06. The van der Waals surface area contributed by atoms with Crippen molar-refractivity contribution in [3.63, 3.8) is 0 Å². The standard InChI is InChI=1S/C16H21N3O2/c1-9(2)19-11(4)15(10(3)18-19)17-16(20)13-8-12(13)14-6-5-7-21-14/h5-7,9,12-13H,8H2,1-4H3,(H,17,20)/t12-,13+/m0/s1. The van der Waals surface area contributed by atoms with Crippen molar-refractivity contribution in [2.45, 2.75) is 46.1 Å². The fourth-order valence-electron chi connectivity index (χ4n) is 2.86. The van der Waals surface area contributed by atoms with Crippen LogP contribution in [0.3, 0.4) is 0 Å². The molecule has 2 heterocycles. The Morgan fingerprint density at radius 1 is 1.48 bits per heavy atom. The summed E-state index contributed by atoms with van der Waals surface area (Å²) in [7, 11) is 0. The third-order valence-electron chi connectivity index (χ3n) is 4.10. The summed E-state index contributed by atoms with van der Waals surface area (Å²) >= 11 is 0. The number of amides is 1. The average molecular weight is 287 g/mol. The topological polar surface area (TPSA) is 60.1 Å². The molecule has 5 heteroatoms. The van der Waals surface area contributed by atoms with Crippen molar-refractivity contribution in [1.82, 2.24) is 9.78 Å². The second-order valence-electron chi connectivity index (χ2n) is 6.04. The van der Waals surface area contributed by atoms with Gasteiger partial charge in [0.25, 0.3) is 0 Å². The number of aromatic nitrogens is 2. The third-order valence-corrected chi connectivity index (χ3v) is 4.10. The fourth-order valence-corrected chi connectivity index (χ4v) is 2.86. The van der Waals surface area contributed by atoms with Crippen LogP contribution >= 0.6 is 0 Å². The van der Waals surface area contributed by atoms with Gasteiger partial charge in [0.1, 0.15) is 5.76 Å². The summed E-state index contributed by atoms with van der Waals surface area (Å²) < 4.78 is 7.32. The predicted molar refractivity (Wildman–Crippen MR) is 80.3 cm³/mol. The Hall–Kier alpha value is -2.04. The zero-order valence-corrected chi connectivity index (χ0v) is 12.9. The SMILES string of the molecule is Cc1nn(C(C)C)c(C)c1NC(=O)[C@@H]1C[C@@H]1c1ccco1. The lowest BCUT2D eigenvalue weighted by Gasteiger charge is -2.09. The highest BCUT2D eigenvalue weighted by molar-refractivity contribution is 5.96. The maximum Gasteiger partial charge on any atom is 0.228 e. The highest BCUT2D eigenvalue weighted by Gasteiger charge is 2.46. The first-order valence-electron chi connectivity index (χ1n) is 7.39. The number of anilines is 1. The van der Waals surface area contributed by atoms with E-state index in [2.05, 4.69) is 24.3 Å². The van der Waals surface area contributed by atoms with Gasteiger partial charge in [-0.05, 0) is 46.2 Å². The van der Waals surface area contributed by atoms with E-state index in [0.717, 1.165) is 29.3 Å². The lowest BCUT2D eigenvalue weighted by atomic mass is 10.2. The van der Waals surface area contributed by atoms with Crippen LogP contribution in [0.2, 0.25) is 0 Å². The summed E-state index contributed by atoms with van der Waals surface area (Å²) in [6.07, 6.45) is 2.51. The van der Waals surface area contributed by atoms with Crippen molar-refractivity contribution in [3.8, 4) is 0 Å². The molecule has 21 heavy (non-hydrogen) atoms. The van der Waals surface area contributed by atoms with Crippen LogP contribution in [0.1, 0.15) is 49.4 Å². The van der Waals surface area contributed by atoms with Crippen LogP contribution in [-0.2, 0) is 4.79 Å². The molecule has 0 radical (unpaired) electrons. The summed E-state index contributed by atoms with van der Waals surface area (Å²) in [6, 6.07) is 4.08. The Morgan fingerprint density at radius 3 is 2.81 bits per heavy atom. The molecule has 1 fully saturated rings. The Bertz CT molecular complexity index is 655. The smallest absolute Gasteiger partial charge is 0.228 e. The second-order valence-corrected chi connectivity index (χ2v) is 6.04. The first-order valence-corrected chi connectivity index (χ1v) is 7.39. The minimum atomic E-state index is 0.0114. The van der Waals surface area contributed by atoms with Crippen molar-refractivity contribution in [2.75, 3.05) is 5.32 Å². The van der Waals surface area contributed by atoms with E-state index in [1.807, 2.05) is 30.7 Å². The van der Waals surface area contributed by atoms with Gasteiger partial charge in [-0.2, -0.15) is 5.10 Å². The maximum absolute atomic E-state index is 12.4. The van der Waals surface area contributed by atoms with Gasteiger partial charge >= 0.3 is 0 Å². The molecule has 0 aromatic carbocycles. The first kappa shape index (κ1) is 13.9. The van der Waals surface area contributed by atoms with Gasteiger partial charge < -0.3 is 9.73 Å². The van der Waals surface area contributed by atoms with E-state index in [-0.39, 0.29) is 23.8 Å². The van der Waals surface area contributed by atoms with Gasteiger partial charge in [0, 0.05) is 17.9 Å². The minimum absolute atomic E-state index is 0.0114. The van der Waals surface area contributed by atoms with Gasteiger partial charge in [-0.15, -0.1) is 0 Å². The number of aryl methyl sites for hydroxylation is 1. The Labute approximate surface area is 124 Å². The summed E-state index contributed by atoms with van der Waals surface area (Å²) in [5.41, 5.74) is 2.72. The van der Waals surface area contributed by atoms with E-state index in [1.165, 1.54) is 0 Å². The van der Waals surface area contributed by atoms with E-state index in [1.54, 1.807) is 6.26 Å². The van der Waals surface area contributed by atoms with Crippen LogP contribution in [0.4, 0.5) is 5.69 Å². The molecule has 0 spiro atoms. The summed E-state index contributed by atoms with van der Waals surface area (Å²) in [4.78, 5) is 12.4. The molecule has 0 aliphatic heterocycles. The molecule has 1 N–H and O–H groups in total. The number of carbonyl (C=O) groups excluding carboxylic acids is 1. The number of nitrogens with zero attached hydrogens (tertiary/aromatic N) is 2. The first-order chi connectivity index (χ1) is 9.99. The normalized spacial score (nSPS) is 20.8. The number of hydrogen-bond acceptors (Lipinski definition) is 3. The molecule has 0 bridgehead atoms. The lowest BCUT2D eigenvalue weighted by Crippen LogP contribution is -2.16. The van der Waals surface area contributed by atoms with E-state index in [9.17, 15) is 4.79 Å². The molecule has 2 atom stereocenters. The molecule has 1 aliphatic carbocycles. The molecular weight excluding hydrogens is 266 g/mol. The molecule has 5 nitrogen and oxygen atoms in total. The third kappa shape index (κ3) is 2.48. The molecule has 1 saturated carbocycles. The zero-order chi connectivity index (χ0) is 15.1. The van der Waals surface area contributed by atoms with Crippen molar-refractivity contribution >= 4 is 11.6 Å². The number of rotatable bonds is 4. The minimum Gasteiger partial charge on any atom is -0.469 e. The number of carbonyl (C=O) groups is 1. The van der Waals surface area contributed by atoms with Gasteiger partial charge in [0.15, 0.2) is 0 Å². The molecular formula is C16H21N3O2. The Kier molecular flexibility index (Phi) is 3.35. The zero-order valence-electron chi connectivity index (χ0n) is 12.9. The van der Waals surface area contributed by atoms with Gasteiger partial charge in [-0.1, -0.05) is 0 Å². The van der Waals surface area contributed by atoms with Crippen LogP contribution in [0, 0.1) is 19.8 Å². The van der Waals surface area contributed by atoms with E-state index in [0.29, 0.717) is 0 Å². The van der Waals surface area contributed by atoms with E-state index in [4.69, 9.17) is 4.42 Å². The Morgan fingerprint density at radius 2 is 2.24 bits per heavy atom. The van der Waals surface area contributed by atoms with Gasteiger partial charge in [-0.3, -0.25) is 9.48 Å². The van der Waals surface area contributed by atoms with Gasteiger partial charge in [0.05, 0.1) is 23.3 Å². The molecule has 3 rings (SSSR count). The summed E-state index contributed by atoms with van der Waals surface area (Å²) in [6.45, 7) is 8.09. The molecule has 2 aromatic rings. The quantitative estimate of drug-likeness (QED) is 0.937. The van der Waals surface area contributed by atoms with Crippen LogP contribution in [0.5, 0.6) is 0 Å². The van der Waals surface area contributed by atoms with Crippen LogP contribution in [-0.4, -0.2) is 15.7 Å². The van der Waals surface area contributed by atoms with Crippen LogP contribution < -0.4 is 5.32 Å². The predicted octanol–water partition coefficient (Wildman–Crippen LogP) is 3.42. The Balaban J connectivity index is 1.72. The molecule has 2 aromatic heterocycles. The van der Waals surface area contributed by atoms with Gasteiger partial charge in [-0.25, -0.2) is 0 Å². The molecule has 0 saturated heterocycles. The maximum atomic E-state index is 12.4. The van der Waals surface area contributed by atoms with Crippen molar-refractivity contribution in [1.29, 1.82) is 0 Å². The fraction of sp³-hybridized carbons (Fsp3) is 0.500. The molecule has 112 valence electrons. The van der Waals surface area contributed by atoms with Crippen molar-refractivity contribution < 1.29 is 9.21 Å². The highest BCUT2D eigenvalue weighted by Crippen LogP contribution is 2.48. The van der Waals surface area contributed by atoms with Crippen molar-refractivity contribution in [2.24, 2.45) is 5.92 Å². The molecule has 1 aliphatic rings. The monoisotopic (exact) mass is 287 g/mol. The highest BCUT2D eigenvalue weighted by atomic mass is 16.3. The average Bonchev–Trinajstić information content (AvgIpc) is 2.95. The van der Waals surface area contributed by atoms with E-state index >= 15 is 0 Å². The van der Waals surface area contributed by atoms with E-state index < -0.39 is 0 Å². The number of nitrogens with one attached hydrogen (secondary N) is 1. The molecule has 0 unspecified atom stereocenters.